The lowest BCUT2D eigenvalue weighted by atomic mass is 9.84. The number of Topliss-reactive ketones (excluding diaryl/α,β-unsaturated/α-hetero) is 1. The van der Waals surface area contributed by atoms with Gasteiger partial charge in [-0.25, -0.2) is 0 Å². The molecular weight excluding hydrogens is 401 g/mol. The minimum atomic E-state index is -4.68. The number of furan rings is 1. The lowest BCUT2D eigenvalue weighted by Gasteiger charge is -2.22. The number of carbonyl (C=O) groups excluding carboxylic acids is 2. The van der Waals surface area contributed by atoms with Gasteiger partial charge in [0.2, 0.25) is 0 Å². The average Bonchev–Trinajstić information content (AvgIpc) is 3.21. The molecule has 30 heavy (non-hydrogen) atoms. The van der Waals surface area contributed by atoms with E-state index in [0.717, 1.165) is 18.2 Å². The molecule has 0 saturated carbocycles. The van der Waals surface area contributed by atoms with Crippen molar-refractivity contribution in [2.75, 3.05) is 5.32 Å². The number of nitrogens with one attached hydrogen (secondary N) is 2. The fourth-order valence-electron chi connectivity index (χ4n) is 3.55. The predicted octanol–water partition coefficient (Wildman–Crippen LogP) is 4.15. The van der Waals surface area contributed by atoms with Gasteiger partial charge in [-0.05, 0) is 36.8 Å². The van der Waals surface area contributed by atoms with E-state index in [-0.39, 0.29) is 23.7 Å². The number of hydrogen-bond donors (Lipinski definition) is 2. The maximum atomic E-state index is 13.1. The van der Waals surface area contributed by atoms with Gasteiger partial charge >= 0.3 is 6.18 Å². The Hall–Kier alpha value is -3.62. The number of fused-ring (bicyclic) bond motifs is 1. The van der Waals surface area contributed by atoms with E-state index in [2.05, 4.69) is 10.3 Å². The molecule has 0 bridgehead atoms. The van der Waals surface area contributed by atoms with E-state index in [4.69, 9.17) is 4.42 Å². The topological polar surface area (TPSA) is 92.2 Å². The smallest absolute Gasteiger partial charge is 0.418 e. The number of hydrogen-bond acceptors (Lipinski definition) is 4. The van der Waals surface area contributed by atoms with Crippen molar-refractivity contribution in [1.29, 1.82) is 0 Å². The van der Waals surface area contributed by atoms with Crippen molar-refractivity contribution < 1.29 is 27.2 Å². The number of benzene rings is 1. The fraction of sp³-hybridized carbons (Fsp3) is 0.190. The summed E-state index contributed by atoms with van der Waals surface area (Å²) in [4.78, 5) is 40.1. The second kappa shape index (κ2) is 7.33. The van der Waals surface area contributed by atoms with E-state index < -0.39 is 34.5 Å². The molecule has 1 aliphatic carbocycles. The molecule has 4 rings (SSSR count). The molecule has 9 heteroatoms. The Balaban J connectivity index is 1.65. The number of amides is 1. The van der Waals surface area contributed by atoms with Crippen molar-refractivity contribution in [3.8, 4) is 0 Å². The van der Waals surface area contributed by atoms with Gasteiger partial charge in [0, 0.05) is 23.6 Å². The molecule has 1 atom stereocenters. The van der Waals surface area contributed by atoms with Crippen molar-refractivity contribution >= 4 is 17.4 Å². The van der Waals surface area contributed by atoms with Crippen LogP contribution in [0.15, 0.2) is 57.9 Å². The van der Waals surface area contributed by atoms with Crippen LogP contribution in [0.5, 0.6) is 0 Å². The zero-order valence-electron chi connectivity index (χ0n) is 15.4. The van der Waals surface area contributed by atoms with Crippen molar-refractivity contribution in [1.82, 2.24) is 4.98 Å². The summed E-state index contributed by atoms with van der Waals surface area (Å²) in [5, 5.41) is 2.12. The van der Waals surface area contributed by atoms with Crippen molar-refractivity contribution in [3.63, 3.8) is 0 Å². The standard InChI is InChI=1S/C21H15F3N2O4/c22-21(23,24)14-4-1-2-5-15(14)25-19(28)13-10-12-16(26-20(13)29)8-11(9-17(12)27)18-6-3-7-30-18/h1-7,10-11H,8-9H2,(H,25,28)(H,26,29)/t11-/m1/s1. The molecule has 3 aromatic rings. The van der Waals surface area contributed by atoms with Crippen LogP contribution in [-0.2, 0) is 12.6 Å². The van der Waals surface area contributed by atoms with Gasteiger partial charge in [0.15, 0.2) is 5.78 Å². The van der Waals surface area contributed by atoms with Crippen molar-refractivity contribution in [2.45, 2.75) is 24.9 Å². The van der Waals surface area contributed by atoms with Gasteiger partial charge in [-0.3, -0.25) is 14.4 Å². The highest BCUT2D eigenvalue weighted by molar-refractivity contribution is 6.07. The van der Waals surface area contributed by atoms with E-state index in [9.17, 15) is 27.6 Å². The number of aromatic nitrogens is 1. The number of ketones is 1. The second-order valence-electron chi connectivity index (χ2n) is 6.95. The highest BCUT2D eigenvalue weighted by Gasteiger charge is 2.34. The van der Waals surface area contributed by atoms with Crippen LogP contribution in [0.25, 0.3) is 0 Å². The normalized spacial score (nSPS) is 16.2. The summed E-state index contributed by atoms with van der Waals surface area (Å²) >= 11 is 0. The first kappa shape index (κ1) is 19.7. The molecule has 0 fully saturated rings. The van der Waals surface area contributed by atoms with E-state index in [1.165, 1.54) is 18.4 Å². The first-order valence-corrected chi connectivity index (χ1v) is 9.04. The SMILES string of the molecule is O=C1C[C@H](c2ccco2)Cc2[nH]c(=O)c(C(=O)Nc3ccccc3C(F)(F)F)cc21. The zero-order chi connectivity index (χ0) is 21.5. The molecule has 0 radical (unpaired) electrons. The van der Waals surface area contributed by atoms with Gasteiger partial charge in [0.1, 0.15) is 11.3 Å². The molecule has 0 unspecified atom stereocenters. The molecule has 0 aliphatic heterocycles. The summed E-state index contributed by atoms with van der Waals surface area (Å²) in [5.74, 6) is -0.954. The maximum Gasteiger partial charge on any atom is 0.418 e. The minimum Gasteiger partial charge on any atom is -0.469 e. The third-order valence-corrected chi connectivity index (χ3v) is 4.98. The fourth-order valence-corrected chi connectivity index (χ4v) is 3.55. The predicted molar refractivity (Wildman–Crippen MR) is 101 cm³/mol. The van der Waals surface area contributed by atoms with Crippen LogP contribution < -0.4 is 10.9 Å². The molecule has 1 aliphatic rings. The number of anilines is 1. The molecule has 2 heterocycles. The molecular formula is C21H15F3N2O4. The minimum absolute atomic E-state index is 0.129. The largest absolute Gasteiger partial charge is 0.469 e. The Morgan fingerprint density at radius 3 is 2.57 bits per heavy atom. The third kappa shape index (κ3) is 3.66. The first-order chi connectivity index (χ1) is 14.2. The Morgan fingerprint density at radius 1 is 1.10 bits per heavy atom. The number of rotatable bonds is 3. The molecule has 2 aromatic heterocycles. The number of para-hydroxylation sites is 1. The molecule has 1 aromatic carbocycles. The Kier molecular flexibility index (Phi) is 4.81. The van der Waals surface area contributed by atoms with Crippen LogP contribution in [0, 0.1) is 0 Å². The van der Waals surface area contributed by atoms with Gasteiger partial charge in [0.25, 0.3) is 11.5 Å². The highest BCUT2D eigenvalue weighted by atomic mass is 19.4. The van der Waals surface area contributed by atoms with Crippen LogP contribution in [0.4, 0.5) is 18.9 Å². The number of aromatic amines is 1. The quantitative estimate of drug-likeness (QED) is 0.671. The average molecular weight is 416 g/mol. The van der Waals surface area contributed by atoms with E-state index >= 15 is 0 Å². The van der Waals surface area contributed by atoms with Crippen LogP contribution in [0.1, 0.15) is 50.1 Å². The zero-order valence-corrected chi connectivity index (χ0v) is 15.4. The summed E-state index contributed by atoms with van der Waals surface area (Å²) < 4.78 is 44.7. The molecule has 6 nitrogen and oxygen atoms in total. The number of alkyl halides is 3. The van der Waals surface area contributed by atoms with Gasteiger partial charge in [-0.2, -0.15) is 13.2 Å². The Labute approximate surface area is 167 Å². The molecule has 0 saturated heterocycles. The maximum absolute atomic E-state index is 13.1. The van der Waals surface area contributed by atoms with Gasteiger partial charge in [-0.1, -0.05) is 12.1 Å². The molecule has 2 N–H and O–H groups in total. The van der Waals surface area contributed by atoms with Crippen molar-refractivity contribution in [2.24, 2.45) is 0 Å². The highest BCUT2D eigenvalue weighted by Crippen LogP contribution is 2.35. The summed E-state index contributed by atoms with van der Waals surface area (Å²) in [6, 6.07) is 9.02. The van der Waals surface area contributed by atoms with E-state index in [1.807, 2.05) is 0 Å². The summed E-state index contributed by atoms with van der Waals surface area (Å²) in [6.45, 7) is 0. The number of pyridine rings is 1. The number of carbonyl (C=O) groups is 2. The van der Waals surface area contributed by atoms with Crippen LogP contribution in [-0.4, -0.2) is 16.7 Å². The second-order valence-corrected chi connectivity index (χ2v) is 6.95. The van der Waals surface area contributed by atoms with Crippen molar-refractivity contribution in [3.05, 3.63) is 87.2 Å². The lowest BCUT2D eigenvalue weighted by molar-refractivity contribution is -0.136. The van der Waals surface area contributed by atoms with Gasteiger partial charge < -0.3 is 14.7 Å². The van der Waals surface area contributed by atoms with Crippen LogP contribution in [0.2, 0.25) is 0 Å². The lowest BCUT2D eigenvalue weighted by Crippen LogP contribution is -2.29. The monoisotopic (exact) mass is 416 g/mol. The van der Waals surface area contributed by atoms with Crippen LogP contribution >= 0.6 is 0 Å². The molecule has 1 amide bonds. The van der Waals surface area contributed by atoms with E-state index in [1.54, 1.807) is 12.1 Å². The summed E-state index contributed by atoms with van der Waals surface area (Å²) in [6.07, 6.45) is -2.72. The molecule has 154 valence electrons. The van der Waals surface area contributed by atoms with Gasteiger partial charge in [0.05, 0.1) is 17.5 Å². The summed E-state index contributed by atoms with van der Waals surface area (Å²) in [5.41, 5.74) is -2.20. The summed E-state index contributed by atoms with van der Waals surface area (Å²) in [7, 11) is 0. The van der Waals surface area contributed by atoms with Crippen LogP contribution in [0.3, 0.4) is 0 Å². The number of halogens is 3. The first-order valence-electron chi connectivity index (χ1n) is 9.04. The number of H-pyrrole nitrogens is 1. The van der Waals surface area contributed by atoms with Gasteiger partial charge in [-0.15, -0.1) is 0 Å². The Morgan fingerprint density at radius 2 is 1.87 bits per heavy atom. The van der Waals surface area contributed by atoms with E-state index in [0.29, 0.717) is 17.9 Å². The molecule has 0 spiro atoms. The third-order valence-electron chi connectivity index (χ3n) is 4.98. The Bertz CT molecular complexity index is 1180.